The maximum atomic E-state index is 11.6. The maximum Gasteiger partial charge on any atom is 0.191 e. The number of aryl methyl sites for hydroxylation is 2. The molecule has 0 fully saturated rings. The molecule has 0 radical (unpaired) electrons. The molecule has 1 aromatic carbocycles. The van der Waals surface area contributed by atoms with Crippen LogP contribution in [0.5, 0.6) is 5.75 Å². The Labute approximate surface area is 141 Å². The van der Waals surface area contributed by atoms with Crippen LogP contribution in [0.25, 0.3) is 22.3 Å². The van der Waals surface area contributed by atoms with Crippen LogP contribution in [0.4, 0.5) is 0 Å². The van der Waals surface area contributed by atoms with Crippen LogP contribution in [0.1, 0.15) is 37.0 Å². The van der Waals surface area contributed by atoms with Gasteiger partial charge in [0.05, 0.1) is 5.56 Å². The Bertz CT molecular complexity index is 953. The van der Waals surface area contributed by atoms with Gasteiger partial charge in [-0.3, -0.25) is 0 Å². The largest absolute Gasteiger partial charge is 0.619 e. The number of furan rings is 1. The van der Waals surface area contributed by atoms with E-state index in [0.717, 1.165) is 56.7 Å². The fraction of sp³-hybridized carbons (Fsp3) is 0.350. The highest BCUT2D eigenvalue weighted by molar-refractivity contribution is 5.91. The topological polar surface area (TPSA) is 49.3 Å². The van der Waals surface area contributed by atoms with Gasteiger partial charge in [-0.15, -0.1) is 0 Å². The maximum absolute atomic E-state index is 11.6. The van der Waals surface area contributed by atoms with E-state index in [1.165, 1.54) is 18.0 Å². The van der Waals surface area contributed by atoms with E-state index in [9.17, 15) is 5.21 Å². The lowest BCUT2D eigenvalue weighted by molar-refractivity contribution is -0.604. The first-order valence-electron chi connectivity index (χ1n) is 8.29. The summed E-state index contributed by atoms with van der Waals surface area (Å²) in [5.41, 5.74) is 4.99. The third-order valence-corrected chi connectivity index (χ3v) is 4.99. The predicted molar refractivity (Wildman–Crippen MR) is 93.1 cm³/mol. The van der Waals surface area contributed by atoms with Crippen LogP contribution in [0.2, 0.25) is 0 Å². The quantitative estimate of drug-likeness (QED) is 0.491. The lowest BCUT2D eigenvalue weighted by atomic mass is 9.89. The van der Waals surface area contributed by atoms with Gasteiger partial charge in [0.2, 0.25) is 0 Å². The zero-order chi connectivity index (χ0) is 17.1. The first-order valence-corrected chi connectivity index (χ1v) is 8.29. The van der Waals surface area contributed by atoms with E-state index in [4.69, 9.17) is 9.15 Å². The van der Waals surface area contributed by atoms with Crippen molar-refractivity contribution in [3.63, 3.8) is 0 Å². The summed E-state index contributed by atoms with van der Waals surface area (Å²) in [7, 11) is 0. The van der Waals surface area contributed by atoms with Gasteiger partial charge < -0.3 is 14.4 Å². The van der Waals surface area contributed by atoms with Crippen molar-refractivity contribution in [2.45, 2.75) is 46.1 Å². The first-order chi connectivity index (χ1) is 11.4. The van der Waals surface area contributed by atoms with Gasteiger partial charge in [-0.25, -0.2) is 0 Å². The van der Waals surface area contributed by atoms with E-state index in [1.54, 1.807) is 6.07 Å². The smallest absolute Gasteiger partial charge is 0.191 e. The minimum Gasteiger partial charge on any atom is -0.619 e. The molecule has 0 saturated heterocycles. The average molecular weight is 323 g/mol. The van der Waals surface area contributed by atoms with Crippen LogP contribution in [0.15, 0.2) is 35.0 Å². The monoisotopic (exact) mass is 323 g/mol. The van der Waals surface area contributed by atoms with E-state index < -0.39 is 0 Å². The summed E-state index contributed by atoms with van der Waals surface area (Å²) in [6.45, 7) is 8.42. The Kier molecular flexibility index (Phi) is 3.14. The fourth-order valence-corrected chi connectivity index (χ4v) is 3.47. The third kappa shape index (κ3) is 2.25. The van der Waals surface area contributed by atoms with Crippen LogP contribution in [0, 0.1) is 19.1 Å². The standard InChI is InChI=1S/C20H21NO3/c1-12-13(2)19-15(7-8-20(3,4)24-19)16-10-17(23-18(12)16)14-6-5-9-21(22)11-14/h5-6,9-11H,7-8H2,1-4H3. The second kappa shape index (κ2) is 5.00. The number of hydrogen-bond donors (Lipinski definition) is 0. The predicted octanol–water partition coefficient (Wildman–Crippen LogP) is 4.45. The lowest BCUT2D eigenvalue weighted by Crippen LogP contribution is -2.33. The Morgan fingerprint density at radius 1 is 1.21 bits per heavy atom. The van der Waals surface area contributed by atoms with Gasteiger partial charge in [0, 0.05) is 17.0 Å². The summed E-state index contributed by atoms with van der Waals surface area (Å²) in [5, 5.41) is 12.7. The van der Waals surface area contributed by atoms with Crippen molar-refractivity contribution in [3.8, 4) is 17.1 Å². The van der Waals surface area contributed by atoms with Crippen molar-refractivity contribution in [2.75, 3.05) is 0 Å². The summed E-state index contributed by atoms with van der Waals surface area (Å²) < 4.78 is 13.2. The minimum atomic E-state index is -0.141. The number of rotatable bonds is 1. The zero-order valence-corrected chi connectivity index (χ0v) is 14.5. The molecule has 4 nitrogen and oxygen atoms in total. The van der Waals surface area contributed by atoms with E-state index >= 15 is 0 Å². The van der Waals surface area contributed by atoms with Crippen molar-refractivity contribution in [2.24, 2.45) is 0 Å². The first kappa shape index (κ1) is 15.1. The second-order valence-electron chi connectivity index (χ2n) is 7.23. The number of pyridine rings is 1. The normalized spacial score (nSPS) is 16.0. The van der Waals surface area contributed by atoms with Crippen LogP contribution < -0.4 is 9.47 Å². The molecule has 0 saturated carbocycles. The minimum absolute atomic E-state index is 0.141. The number of benzene rings is 1. The average Bonchev–Trinajstić information content (AvgIpc) is 2.97. The molecule has 0 bridgehead atoms. The Balaban J connectivity index is 1.96. The summed E-state index contributed by atoms with van der Waals surface area (Å²) in [4.78, 5) is 0. The summed E-state index contributed by atoms with van der Waals surface area (Å²) in [6, 6.07) is 5.66. The van der Waals surface area contributed by atoms with Gasteiger partial charge in [0.1, 0.15) is 22.7 Å². The number of fused-ring (bicyclic) bond motifs is 3. The van der Waals surface area contributed by atoms with Crippen LogP contribution >= 0.6 is 0 Å². The molecule has 3 aromatic rings. The van der Waals surface area contributed by atoms with Gasteiger partial charge in [-0.05, 0) is 63.8 Å². The Morgan fingerprint density at radius 2 is 2.00 bits per heavy atom. The molecule has 3 heterocycles. The lowest BCUT2D eigenvalue weighted by Gasteiger charge is -2.34. The molecule has 0 amide bonds. The van der Waals surface area contributed by atoms with E-state index in [2.05, 4.69) is 27.7 Å². The Morgan fingerprint density at radius 3 is 2.75 bits per heavy atom. The number of aromatic nitrogens is 1. The molecular weight excluding hydrogens is 302 g/mol. The molecule has 0 atom stereocenters. The highest BCUT2D eigenvalue weighted by atomic mass is 16.5. The van der Waals surface area contributed by atoms with Crippen LogP contribution in [-0.2, 0) is 6.42 Å². The molecule has 0 aliphatic carbocycles. The summed E-state index contributed by atoms with van der Waals surface area (Å²) in [5.74, 6) is 1.71. The molecule has 0 spiro atoms. The molecular formula is C20H21NO3. The van der Waals surface area contributed by atoms with Crippen molar-refractivity contribution in [3.05, 3.63) is 52.5 Å². The molecule has 24 heavy (non-hydrogen) atoms. The molecule has 4 rings (SSSR count). The van der Waals surface area contributed by atoms with Crippen molar-refractivity contribution < 1.29 is 13.9 Å². The Hall–Kier alpha value is -2.49. The zero-order valence-electron chi connectivity index (χ0n) is 14.5. The number of hydrogen-bond acceptors (Lipinski definition) is 3. The van der Waals surface area contributed by atoms with Gasteiger partial charge in [0.25, 0.3) is 0 Å². The highest BCUT2D eigenvalue weighted by Crippen LogP contribution is 2.44. The SMILES string of the molecule is Cc1c2c(c3cc(-c4ccc[n+]([O-])c4)oc3c1C)CCC(C)(C)O2. The van der Waals surface area contributed by atoms with E-state index in [-0.39, 0.29) is 5.60 Å². The number of ether oxygens (including phenoxy) is 1. The molecule has 1 aliphatic rings. The molecule has 2 aromatic heterocycles. The molecule has 124 valence electrons. The second-order valence-corrected chi connectivity index (χ2v) is 7.23. The highest BCUT2D eigenvalue weighted by Gasteiger charge is 2.31. The molecule has 4 heteroatoms. The summed E-state index contributed by atoms with van der Waals surface area (Å²) in [6.07, 6.45) is 4.95. The fourth-order valence-electron chi connectivity index (χ4n) is 3.47. The van der Waals surface area contributed by atoms with E-state index in [0.29, 0.717) is 0 Å². The molecule has 1 aliphatic heterocycles. The van der Waals surface area contributed by atoms with Crippen molar-refractivity contribution in [1.82, 2.24) is 0 Å². The third-order valence-electron chi connectivity index (χ3n) is 4.99. The van der Waals surface area contributed by atoms with Gasteiger partial charge in [-0.2, -0.15) is 4.73 Å². The van der Waals surface area contributed by atoms with Crippen molar-refractivity contribution in [1.29, 1.82) is 0 Å². The van der Waals surface area contributed by atoms with Gasteiger partial charge in [-0.1, -0.05) is 0 Å². The summed E-state index contributed by atoms with van der Waals surface area (Å²) >= 11 is 0. The van der Waals surface area contributed by atoms with Gasteiger partial charge in [0.15, 0.2) is 12.4 Å². The van der Waals surface area contributed by atoms with E-state index in [1.807, 2.05) is 12.1 Å². The molecule has 0 N–H and O–H groups in total. The van der Waals surface area contributed by atoms with Crippen molar-refractivity contribution >= 4 is 11.0 Å². The number of nitrogens with zero attached hydrogens (tertiary/aromatic N) is 1. The van der Waals surface area contributed by atoms with Crippen LogP contribution in [0.3, 0.4) is 0 Å². The van der Waals surface area contributed by atoms with Crippen LogP contribution in [-0.4, -0.2) is 5.60 Å². The molecule has 0 unspecified atom stereocenters. The van der Waals surface area contributed by atoms with Gasteiger partial charge >= 0.3 is 0 Å².